The summed E-state index contributed by atoms with van der Waals surface area (Å²) >= 11 is 1.17. The number of fused-ring (bicyclic) bond motifs is 1. The van der Waals surface area contributed by atoms with Crippen LogP contribution >= 0.6 is 11.3 Å². The van der Waals surface area contributed by atoms with Crippen LogP contribution in [-0.4, -0.2) is 42.2 Å². The minimum Gasteiger partial charge on any atom is -0.369 e. The van der Waals surface area contributed by atoms with Gasteiger partial charge in [-0.05, 0) is 78.1 Å². The van der Waals surface area contributed by atoms with E-state index in [1.54, 1.807) is 26.8 Å². The van der Waals surface area contributed by atoms with Crippen molar-refractivity contribution in [3.63, 3.8) is 0 Å². The average molecular weight is 610 g/mol. The summed E-state index contributed by atoms with van der Waals surface area (Å²) in [5, 5.41) is 21.2. The van der Waals surface area contributed by atoms with E-state index >= 15 is 0 Å². The van der Waals surface area contributed by atoms with Crippen LogP contribution in [0.3, 0.4) is 0 Å². The Kier molecular flexibility index (Phi) is 9.32. The number of rotatable bonds is 11. The first-order valence-corrected chi connectivity index (χ1v) is 14.9. The van der Waals surface area contributed by atoms with Gasteiger partial charge in [0.15, 0.2) is 0 Å². The Morgan fingerprint density at radius 2 is 1.86 bits per heavy atom. The Balaban J connectivity index is 2.04. The molecular weight excluding hydrogens is 573 g/mol. The predicted octanol–water partition coefficient (Wildman–Crippen LogP) is 4.14. The number of amides is 1. The Hall–Kier alpha value is -4.15. The number of hydrogen-bond donors (Lipinski definition) is 1. The van der Waals surface area contributed by atoms with Gasteiger partial charge in [0.2, 0.25) is 5.91 Å². The van der Waals surface area contributed by atoms with Gasteiger partial charge in [-0.2, -0.15) is 15.5 Å². The SMILES string of the molecule is Cc1c(-n2nccn2)sc2c1c(=O)n(C(C)(C)C(=O)NC(C)C)c(=O)n2C[C@H](OC(C)C)c1cc(F)ccc1CCC#N. The Bertz CT molecular complexity index is 1800. The number of aryl methyl sites for hydroxylation is 2. The molecule has 1 aromatic carbocycles. The first-order chi connectivity index (χ1) is 20.3. The third-order valence-corrected chi connectivity index (χ3v) is 8.35. The molecule has 0 spiro atoms. The molecule has 4 rings (SSSR count). The number of aromatic nitrogens is 5. The summed E-state index contributed by atoms with van der Waals surface area (Å²) in [6.45, 7) is 11.9. The van der Waals surface area contributed by atoms with Crippen LogP contribution in [0.4, 0.5) is 4.39 Å². The summed E-state index contributed by atoms with van der Waals surface area (Å²) in [6, 6.07) is 6.20. The molecule has 3 heterocycles. The van der Waals surface area contributed by atoms with Crippen molar-refractivity contribution in [3.05, 3.63) is 73.9 Å². The van der Waals surface area contributed by atoms with Gasteiger partial charge in [0.25, 0.3) is 5.56 Å². The van der Waals surface area contributed by atoms with Gasteiger partial charge in [-0.3, -0.25) is 14.2 Å². The topological polar surface area (TPSA) is 137 Å². The van der Waals surface area contributed by atoms with Crippen molar-refractivity contribution in [2.24, 2.45) is 0 Å². The summed E-state index contributed by atoms with van der Waals surface area (Å²) in [4.78, 5) is 43.5. The van der Waals surface area contributed by atoms with E-state index in [2.05, 4.69) is 21.6 Å². The molecule has 3 aromatic heterocycles. The van der Waals surface area contributed by atoms with E-state index in [0.717, 1.165) is 4.57 Å². The van der Waals surface area contributed by atoms with Crippen molar-refractivity contribution in [1.82, 2.24) is 29.4 Å². The van der Waals surface area contributed by atoms with E-state index in [4.69, 9.17) is 4.74 Å². The molecule has 228 valence electrons. The molecule has 0 unspecified atom stereocenters. The monoisotopic (exact) mass is 609 g/mol. The largest absolute Gasteiger partial charge is 0.369 e. The fourth-order valence-electron chi connectivity index (χ4n) is 5.03. The number of ether oxygens (including phenoxy) is 1. The lowest BCUT2D eigenvalue weighted by Gasteiger charge is -2.29. The molecular formula is C30H36FN7O4S. The van der Waals surface area contributed by atoms with E-state index in [9.17, 15) is 24.0 Å². The molecule has 0 bridgehead atoms. The Labute approximate surface area is 252 Å². The highest BCUT2D eigenvalue weighted by molar-refractivity contribution is 7.21. The van der Waals surface area contributed by atoms with Crippen molar-refractivity contribution < 1.29 is 13.9 Å². The summed E-state index contributed by atoms with van der Waals surface area (Å²) in [5.74, 6) is -0.977. The molecule has 0 saturated carbocycles. The standard InChI is InChI=1S/C30H36FN7O4S/c1-17(2)35-28(40)30(6,7)37-25(39)24-19(5)26(38-33-13-14-34-38)43-27(24)36(29(37)41)16-23(42-18(3)4)22-15-21(31)11-10-20(22)9-8-12-32/h10-11,13-15,17-18,23H,8-9,16H2,1-7H3,(H,35,40)/t23-/m0/s1. The number of nitrogens with one attached hydrogen (secondary N) is 1. The molecule has 0 aliphatic heterocycles. The number of hydrogen-bond acceptors (Lipinski definition) is 8. The number of halogens is 1. The maximum Gasteiger partial charge on any atom is 0.333 e. The molecule has 1 atom stereocenters. The van der Waals surface area contributed by atoms with Crippen LogP contribution in [0.15, 0.2) is 40.2 Å². The molecule has 4 aromatic rings. The minimum absolute atomic E-state index is 0.0926. The number of benzene rings is 1. The fourth-order valence-corrected chi connectivity index (χ4v) is 6.25. The second-order valence-electron chi connectivity index (χ2n) is 11.4. The van der Waals surface area contributed by atoms with Crippen LogP contribution < -0.4 is 16.6 Å². The average Bonchev–Trinajstić information content (AvgIpc) is 3.57. The molecule has 0 aliphatic carbocycles. The van der Waals surface area contributed by atoms with E-state index in [1.165, 1.54) is 59.1 Å². The summed E-state index contributed by atoms with van der Waals surface area (Å²) in [6.07, 6.45) is 2.46. The highest BCUT2D eigenvalue weighted by Gasteiger charge is 2.36. The van der Waals surface area contributed by atoms with Crippen LogP contribution in [0.1, 0.15) is 70.8 Å². The highest BCUT2D eigenvalue weighted by atomic mass is 32.1. The van der Waals surface area contributed by atoms with Crippen LogP contribution in [0.2, 0.25) is 0 Å². The Morgan fingerprint density at radius 3 is 2.47 bits per heavy atom. The maximum atomic E-state index is 14.6. The van der Waals surface area contributed by atoms with Crippen LogP contribution in [0.25, 0.3) is 15.2 Å². The zero-order valence-electron chi connectivity index (χ0n) is 25.3. The van der Waals surface area contributed by atoms with Gasteiger partial charge >= 0.3 is 5.69 Å². The van der Waals surface area contributed by atoms with E-state index in [1.807, 2.05) is 13.8 Å². The third kappa shape index (κ3) is 6.30. The number of carbonyl (C=O) groups is 1. The smallest absolute Gasteiger partial charge is 0.333 e. The molecule has 0 aliphatic rings. The molecule has 1 amide bonds. The number of carbonyl (C=O) groups excluding carboxylic acids is 1. The van der Waals surface area contributed by atoms with E-state index in [0.29, 0.717) is 32.9 Å². The lowest BCUT2D eigenvalue weighted by atomic mass is 9.98. The molecule has 11 nitrogen and oxygen atoms in total. The third-order valence-electron chi connectivity index (χ3n) is 7.07. The Morgan fingerprint density at radius 1 is 1.19 bits per heavy atom. The van der Waals surface area contributed by atoms with Gasteiger partial charge in [0, 0.05) is 18.0 Å². The minimum atomic E-state index is -1.56. The van der Waals surface area contributed by atoms with Crippen molar-refractivity contribution in [2.75, 3.05) is 0 Å². The maximum absolute atomic E-state index is 14.6. The van der Waals surface area contributed by atoms with Crippen LogP contribution in [0, 0.1) is 24.1 Å². The van der Waals surface area contributed by atoms with Crippen molar-refractivity contribution >= 4 is 27.5 Å². The molecule has 0 fully saturated rings. The summed E-state index contributed by atoms with van der Waals surface area (Å²) < 4.78 is 23.3. The predicted molar refractivity (Wildman–Crippen MR) is 162 cm³/mol. The van der Waals surface area contributed by atoms with Gasteiger partial charge in [-0.1, -0.05) is 17.4 Å². The number of nitrogens with zero attached hydrogens (tertiary/aromatic N) is 6. The number of nitriles is 1. The van der Waals surface area contributed by atoms with E-state index in [-0.39, 0.29) is 30.5 Å². The summed E-state index contributed by atoms with van der Waals surface area (Å²) in [7, 11) is 0. The van der Waals surface area contributed by atoms with Gasteiger partial charge in [-0.25, -0.2) is 13.8 Å². The fraction of sp³-hybridized carbons (Fsp3) is 0.467. The van der Waals surface area contributed by atoms with Crippen molar-refractivity contribution in [3.8, 4) is 11.1 Å². The normalized spacial score (nSPS) is 12.7. The second-order valence-corrected chi connectivity index (χ2v) is 12.4. The van der Waals surface area contributed by atoms with Gasteiger partial charge in [0.05, 0.1) is 36.5 Å². The van der Waals surface area contributed by atoms with Crippen LogP contribution in [-0.2, 0) is 28.0 Å². The molecule has 43 heavy (non-hydrogen) atoms. The zero-order valence-corrected chi connectivity index (χ0v) is 26.2. The van der Waals surface area contributed by atoms with Crippen molar-refractivity contribution in [2.45, 2.75) is 91.6 Å². The second kappa shape index (κ2) is 12.6. The number of thiophene rings is 1. The summed E-state index contributed by atoms with van der Waals surface area (Å²) in [5.41, 5.74) is -1.12. The van der Waals surface area contributed by atoms with E-state index < -0.39 is 34.6 Å². The molecule has 0 saturated heterocycles. The first kappa shape index (κ1) is 31.8. The molecule has 13 heteroatoms. The molecule has 0 radical (unpaired) electrons. The molecule has 1 N–H and O–H groups in total. The van der Waals surface area contributed by atoms with Gasteiger partial charge in [-0.15, -0.1) is 4.80 Å². The lowest BCUT2D eigenvalue weighted by molar-refractivity contribution is -0.129. The van der Waals surface area contributed by atoms with Crippen molar-refractivity contribution in [1.29, 1.82) is 5.26 Å². The first-order valence-electron chi connectivity index (χ1n) is 14.1. The van der Waals surface area contributed by atoms with Gasteiger partial charge in [0.1, 0.15) is 27.3 Å². The van der Waals surface area contributed by atoms with Gasteiger partial charge < -0.3 is 10.1 Å². The van der Waals surface area contributed by atoms with Crippen LogP contribution in [0.5, 0.6) is 0 Å². The zero-order chi connectivity index (χ0) is 31.6. The quantitative estimate of drug-likeness (QED) is 0.270. The lowest BCUT2D eigenvalue weighted by Crippen LogP contribution is -2.56. The highest BCUT2D eigenvalue weighted by Crippen LogP contribution is 2.33.